The lowest BCUT2D eigenvalue weighted by Crippen LogP contribution is -2.41. The molecule has 5 heteroatoms. The second kappa shape index (κ2) is 4.10. The van der Waals surface area contributed by atoms with E-state index in [0.717, 1.165) is 25.9 Å². The number of piperidine rings is 1. The molecule has 1 aromatic heterocycles. The summed E-state index contributed by atoms with van der Waals surface area (Å²) in [5.74, 6) is 0.496. The summed E-state index contributed by atoms with van der Waals surface area (Å²) in [5, 5.41) is 3.30. The highest BCUT2D eigenvalue weighted by atomic mass is 16.6. The van der Waals surface area contributed by atoms with E-state index in [0.29, 0.717) is 17.7 Å². The molecule has 0 spiro atoms. The normalized spacial score (nSPS) is 18.0. The average molecular weight is 212 g/mol. The Bertz CT molecular complexity index is 376. The average Bonchev–Trinajstić information content (AvgIpc) is 2.58. The quantitative estimate of drug-likeness (QED) is 0.783. The maximum Gasteiger partial charge on any atom is 0.520 e. The Labute approximate surface area is 88.1 Å². The molecule has 0 aromatic carbocycles. The van der Waals surface area contributed by atoms with Crippen molar-refractivity contribution in [1.29, 1.82) is 0 Å². The van der Waals surface area contributed by atoms with Crippen molar-refractivity contribution in [3.05, 3.63) is 16.4 Å². The van der Waals surface area contributed by atoms with Gasteiger partial charge in [0.05, 0.1) is 0 Å². The van der Waals surface area contributed by atoms with Crippen molar-refractivity contribution in [3.8, 4) is 0 Å². The summed E-state index contributed by atoms with van der Waals surface area (Å²) >= 11 is 0. The molecule has 1 saturated heterocycles. The van der Waals surface area contributed by atoms with Gasteiger partial charge in [-0.05, 0) is 32.9 Å². The molecule has 0 atom stereocenters. The van der Waals surface area contributed by atoms with Gasteiger partial charge in [-0.15, -0.1) is 0 Å². The first-order valence-electron chi connectivity index (χ1n) is 5.22. The lowest BCUT2D eigenvalue weighted by Gasteiger charge is -2.31. The molecule has 1 fully saturated rings. The Morgan fingerprint density at radius 2 is 2.00 bits per heavy atom. The van der Waals surface area contributed by atoms with Crippen LogP contribution in [0.1, 0.15) is 18.6 Å². The first kappa shape index (κ1) is 10.3. The molecule has 0 saturated carbocycles. The topological polar surface area (TPSA) is 58.6 Å². The largest absolute Gasteiger partial charge is 0.520 e. The fourth-order valence-corrected chi connectivity index (χ4v) is 2.02. The molecule has 1 aromatic rings. The summed E-state index contributed by atoms with van der Waals surface area (Å²) in [7, 11) is 1.94. The summed E-state index contributed by atoms with van der Waals surface area (Å²) in [6, 6.07) is 0.422. The van der Waals surface area contributed by atoms with E-state index in [4.69, 9.17) is 8.83 Å². The molecule has 0 unspecified atom stereocenters. The fraction of sp³-hybridized carbons (Fsp3) is 0.700. The number of hydrogen-bond acceptors (Lipinski definition) is 5. The maximum absolute atomic E-state index is 10.9. The van der Waals surface area contributed by atoms with Crippen LogP contribution in [0.2, 0.25) is 0 Å². The van der Waals surface area contributed by atoms with E-state index in [2.05, 4.69) is 5.32 Å². The van der Waals surface area contributed by atoms with Crippen LogP contribution in [-0.4, -0.2) is 26.2 Å². The SMILES string of the molecule is Cc1oc(=O)oc1N(C)C1CCNCC1. The summed E-state index contributed by atoms with van der Waals surface area (Å²) < 4.78 is 9.86. The minimum absolute atomic E-state index is 0.422. The number of aryl methyl sites for hydroxylation is 1. The highest BCUT2D eigenvalue weighted by molar-refractivity contribution is 5.37. The lowest BCUT2D eigenvalue weighted by atomic mass is 10.1. The molecule has 0 amide bonds. The van der Waals surface area contributed by atoms with Crippen LogP contribution in [0, 0.1) is 6.92 Å². The van der Waals surface area contributed by atoms with Crippen LogP contribution in [0.5, 0.6) is 0 Å². The van der Waals surface area contributed by atoms with Gasteiger partial charge in [0.2, 0.25) is 5.88 Å². The van der Waals surface area contributed by atoms with E-state index in [9.17, 15) is 4.79 Å². The molecule has 0 bridgehead atoms. The van der Waals surface area contributed by atoms with E-state index in [1.165, 1.54) is 0 Å². The van der Waals surface area contributed by atoms with E-state index in [1.807, 2.05) is 11.9 Å². The molecule has 2 rings (SSSR count). The van der Waals surface area contributed by atoms with Gasteiger partial charge in [0, 0.05) is 13.1 Å². The molecular formula is C10H16N2O3. The van der Waals surface area contributed by atoms with E-state index < -0.39 is 5.82 Å². The molecule has 5 nitrogen and oxygen atoms in total. The Kier molecular flexibility index (Phi) is 2.81. The Hall–Kier alpha value is -1.23. The highest BCUT2D eigenvalue weighted by Crippen LogP contribution is 2.22. The number of nitrogens with zero attached hydrogens (tertiary/aromatic N) is 1. The van der Waals surface area contributed by atoms with Gasteiger partial charge in [0.1, 0.15) is 0 Å². The van der Waals surface area contributed by atoms with Gasteiger partial charge in [-0.3, -0.25) is 0 Å². The van der Waals surface area contributed by atoms with Crippen molar-refractivity contribution >= 4 is 5.88 Å². The zero-order valence-corrected chi connectivity index (χ0v) is 9.08. The summed E-state index contributed by atoms with van der Waals surface area (Å²) in [6.07, 6.45) is 2.12. The Morgan fingerprint density at radius 1 is 1.33 bits per heavy atom. The highest BCUT2D eigenvalue weighted by Gasteiger charge is 2.22. The van der Waals surface area contributed by atoms with Crippen LogP contribution >= 0.6 is 0 Å². The minimum Gasteiger partial charge on any atom is -0.394 e. The molecule has 0 radical (unpaired) electrons. The van der Waals surface area contributed by atoms with Crippen molar-refractivity contribution in [2.75, 3.05) is 25.0 Å². The first-order valence-corrected chi connectivity index (χ1v) is 5.22. The van der Waals surface area contributed by atoms with Crippen molar-refractivity contribution in [3.63, 3.8) is 0 Å². The zero-order chi connectivity index (χ0) is 10.8. The number of rotatable bonds is 2. The van der Waals surface area contributed by atoms with Crippen molar-refractivity contribution in [1.82, 2.24) is 5.32 Å². The predicted octanol–water partition coefficient (Wildman–Crippen LogP) is 0.729. The van der Waals surface area contributed by atoms with Crippen LogP contribution in [0.3, 0.4) is 0 Å². The maximum atomic E-state index is 10.9. The summed E-state index contributed by atoms with van der Waals surface area (Å²) in [4.78, 5) is 12.9. The molecular weight excluding hydrogens is 196 g/mol. The van der Waals surface area contributed by atoms with Crippen LogP contribution in [-0.2, 0) is 0 Å². The number of nitrogens with one attached hydrogen (secondary N) is 1. The third-order valence-electron chi connectivity index (χ3n) is 2.89. The second-order valence-corrected chi connectivity index (χ2v) is 3.91. The zero-order valence-electron chi connectivity index (χ0n) is 9.08. The van der Waals surface area contributed by atoms with E-state index in [1.54, 1.807) is 6.92 Å². The Balaban J connectivity index is 2.15. The second-order valence-electron chi connectivity index (χ2n) is 3.91. The number of hydrogen-bond donors (Lipinski definition) is 1. The van der Waals surface area contributed by atoms with Crippen molar-refractivity contribution in [2.24, 2.45) is 0 Å². The minimum atomic E-state index is -0.622. The van der Waals surface area contributed by atoms with E-state index in [-0.39, 0.29) is 0 Å². The van der Waals surface area contributed by atoms with Gasteiger partial charge in [-0.2, -0.15) is 0 Å². The van der Waals surface area contributed by atoms with Gasteiger partial charge in [0.15, 0.2) is 5.76 Å². The molecule has 84 valence electrons. The van der Waals surface area contributed by atoms with Gasteiger partial charge in [-0.25, -0.2) is 4.79 Å². The van der Waals surface area contributed by atoms with Crippen LogP contribution in [0.15, 0.2) is 13.6 Å². The van der Waals surface area contributed by atoms with Gasteiger partial charge in [0.25, 0.3) is 0 Å². The van der Waals surface area contributed by atoms with Gasteiger partial charge < -0.3 is 19.1 Å². The standard InChI is InChI=1S/C10H16N2O3/c1-7-9(15-10(13)14-7)12(2)8-3-5-11-6-4-8/h8,11H,3-6H2,1-2H3. The van der Waals surface area contributed by atoms with Gasteiger partial charge in [-0.1, -0.05) is 0 Å². The summed E-state index contributed by atoms with van der Waals surface area (Å²) in [5.41, 5.74) is 0. The van der Waals surface area contributed by atoms with E-state index >= 15 is 0 Å². The molecule has 15 heavy (non-hydrogen) atoms. The van der Waals surface area contributed by atoms with Crippen LogP contribution < -0.4 is 16.0 Å². The third-order valence-corrected chi connectivity index (χ3v) is 2.89. The van der Waals surface area contributed by atoms with Crippen LogP contribution in [0.4, 0.5) is 5.88 Å². The molecule has 0 aliphatic carbocycles. The first-order chi connectivity index (χ1) is 7.18. The monoisotopic (exact) mass is 212 g/mol. The van der Waals surface area contributed by atoms with Gasteiger partial charge >= 0.3 is 5.82 Å². The number of anilines is 1. The molecule has 1 aliphatic rings. The fourth-order valence-electron chi connectivity index (χ4n) is 2.02. The Morgan fingerprint density at radius 3 is 2.53 bits per heavy atom. The smallest absolute Gasteiger partial charge is 0.394 e. The predicted molar refractivity (Wildman–Crippen MR) is 56.3 cm³/mol. The molecule has 1 aliphatic heterocycles. The van der Waals surface area contributed by atoms with Crippen molar-refractivity contribution < 1.29 is 8.83 Å². The lowest BCUT2D eigenvalue weighted by molar-refractivity contribution is 0.371. The molecule has 1 N–H and O–H groups in total. The van der Waals surface area contributed by atoms with Crippen LogP contribution in [0.25, 0.3) is 0 Å². The molecule has 2 heterocycles. The summed E-state index contributed by atoms with van der Waals surface area (Å²) in [6.45, 7) is 3.77. The van der Waals surface area contributed by atoms with Crippen molar-refractivity contribution in [2.45, 2.75) is 25.8 Å². The third kappa shape index (κ3) is 2.07.